The van der Waals surface area contributed by atoms with Crippen molar-refractivity contribution in [3.63, 3.8) is 0 Å². The van der Waals surface area contributed by atoms with Crippen LogP contribution in [0.15, 0.2) is 0 Å². The predicted octanol–water partition coefficient (Wildman–Crippen LogP) is 2.67. The van der Waals surface area contributed by atoms with Crippen LogP contribution < -0.4 is 5.73 Å². The normalized spacial score (nSPS) is 32.8. The van der Waals surface area contributed by atoms with Gasteiger partial charge in [0.1, 0.15) is 0 Å². The summed E-state index contributed by atoms with van der Waals surface area (Å²) in [6.45, 7) is 7.61. The van der Waals surface area contributed by atoms with Crippen molar-refractivity contribution in [3.05, 3.63) is 0 Å². The van der Waals surface area contributed by atoms with Crippen LogP contribution in [0.2, 0.25) is 0 Å². The van der Waals surface area contributed by atoms with Crippen molar-refractivity contribution in [2.75, 3.05) is 32.8 Å². The molecule has 3 atom stereocenters. The fourth-order valence-corrected chi connectivity index (χ4v) is 3.53. The van der Waals surface area contributed by atoms with E-state index in [-0.39, 0.29) is 12.4 Å². The van der Waals surface area contributed by atoms with Crippen LogP contribution in [0.25, 0.3) is 0 Å². The van der Waals surface area contributed by atoms with Crippen LogP contribution in [0, 0.1) is 11.8 Å². The molecule has 0 unspecified atom stereocenters. The fraction of sp³-hybridized carbons (Fsp3) is 1.00. The lowest BCUT2D eigenvalue weighted by atomic mass is 9.84. The van der Waals surface area contributed by atoms with Gasteiger partial charge in [-0.3, -0.25) is 0 Å². The smallest absolute Gasteiger partial charge is 0.0506 e. The summed E-state index contributed by atoms with van der Waals surface area (Å²) in [5, 5.41) is 0. The molecule has 0 bridgehead atoms. The van der Waals surface area contributed by atoms with Crippen molar-refractivity contribution in [3.8, 4) is 0 Å². The van der Waals surface area contributed by atoms with Gasteiger partial charge in [0.25, 0.3) is 0 Å². The molecule has 0 spiro atoms. The summed E-state index contributed by atoms with van der Waals surface area (Å²) in [4.78, 5) is 2.64. The largest absolute Gasteiger partial charge is 0.381 e. The number of nitrogens with zero attached hydrogens (tertiary/aromatic N) is 1. The summed E-state index contributed by atoms with van der Waals surface area (Å²) in [6.07, 6.45) is 7.97. The predicted molar refractivity (Wildman–Crippen MR) is 82.8 cm³/mol. The number of hydrogen-bond donors (Lipinski definition) is 1. The second kappa shape index (κ2) is 9.17. The zero-order valence-electron chi connectivity index (χ0n) is 12.4. The summed E-state index contributed by atoms with van der Waals surface area (Å²) >= 11 is 0. The molecule has 2 rings (SSSR count). The Bertz CT molecular complexity index is 240. The van der Waals surface area contributed by atoms with Crippen LogP contribution in [-0.2, 0) is 4.74 Å². The lowest BCUT2D eigenvalue weighted by Crippen LogP contribution is -2.45. The second-order valence-corrected chi connectivity index (χ2v) is 6.14. The fourth-order valence-electron chi connectivity index (χ4n) is 3.53. The molecule has 1 aliphatic heterocycles. The van der Waals surface area contributed by atoms with Gasteiger partial charge in [-0.05, 0) is 51.0 Å². The number of likely N-dealkylation sites (tertiary alicyclic amines) is 1. The van der Waals surface area contributed by atoms with Gasteiger partial charge in [0.2, 0.25) is 0 Å². The SMILES string of the molecule is CCOC[C@H]1CCCN(C[C@H]2CCCC[C@@H]2N)C1.Cl. The maximum Gasteiger partial charge on any atom is 0.0506 e. The minimum absolute atomic E-state index is 0. The minimum atomic E-state index is 0. The first kappa shape index (κ1) is 17.2. The van der Waals surface area contributed by atoms with E-state index in [9.17, 15) is 0 Å². The average molecular weight is 291 g/mol. The van der Waals surface area contributed by atoms with Gasteiger partial charge in [0.05, 0.1) is 6.61 Å². The number of ether oxygens (including phenoxy) is 1. The Morgan fingerprint density at radius 3 is 2.68 bits per heavy atom. The number of halogens is 1. The van der Waals surface area contributed by atoms with E-state index in [0.717, 1.165) is 25.0 Å². The van der Waals surface area contributed by atoms with Crippen molar-refractivity contribution in [1.29, 1.82) is 0 Å². The summed E-state index contributed by atoms with van der Waals surface area (Å²) in [5.41, 5.74) is 6.26. The zero-order chi connectivity index (χ0) is 12.8. The highest BCUT2D eigenvalue weighted by Gasteiger charge is 2.26. The van der Waals surface area contributed by atoms with E-state index >= 15 is 0 Å². The molecule has 1 aliphatic carbocycles. The molecule has 1 heterocycles. The van der Waals surface area contributed by atoms with Gasteiger partial charge in [0, 0.05) is 25.7 Å². The molecular weight excluding hydrogens is 260 g/mol. The standard InChI is InChI=1S/C15H30N2O.ClH/c1-2-18-12-13-6-5-9-17(10-13)11-14-7-3-4-8-15(14)16;/h13-15H,2-12,16H2,1H3;1H/t13-,14+,15-;/m0./s1. The Morgan fingerprint density at radius 2 is 1.95 bits per heavy atom. The molecule has 2 fully saturated rings. The third-order valence-corrected chi connectivity index (χ3v) is 4.62. The van der Waals surface area contributed by atoms with Crippen molar-refractivity contribution in [2.24, 2.45) is 17.6 Å². The molecule has 2 aliphatic rings. The van der Waals surface area contributed by atoms with Crippen LogP contribution >= 0.6 is 12.4 Å². The van der Waals surface area contributed by atoms with Crippen LogP contribution in [0.4, 0.5) is 0 Å². The maximum atomic E-state index is 6.26. The van der Waals surface area contributed by atoms with E-state index in [0.29, 0.717) is 6.04 Å². The van der Waals surface area contributed by atoms with Crippen LogP contribution in [0.1, 0.15) is 45.4 Å². The maximum absolute atomic E-state index is 6.26. The van der Waals surface area contributed by atoms with Crippen LogP contribution in [0.5, 0.6) is 0 Å². The Balaban J connectivity index is 0.00000180. The van der Waals surface area contributed by atoms with Gasteiger partial charge in [-0.1, -0.05) is 12.8 Å². The highest BCUT2D eigenvalue weighted by molar-refractivity contribution is 5.85. The van der Waals surface area contributed by atoms with Gasteiger partial charge in [-0.15, -0.1) is 12.4 Å². The molecule has 0 aromatic rings. The van der Waals surface area contributed by atoms with Gasteiger partial charge < -0.3 is 15.4 Å². The van der Waals surface area contributed by atoms with E-state index in [4.69, 9.17) is 10.5 Å². The van der Waals surface area contributed by atoms with E-state index in [1.807, 2.05) is 0 Å². The molecule has 19 heavy (non-hydrogen) atoms. The van der Waals surface area contributed by atoms with E-state index in [1.165, 1.54) is 58.2 Å². The van der Waals surface area contributed by atoms with Crippen molar-refractivity contribution in [1.82, 2.24) is 4.90 Å². The summed E-state index contributed by atoms with van der Waals surface area (Å²) in [7, 11) is 0. The van der Waals surface area contributed by atoms with E-state index in [2.05, 4.69) is 11.8 Å². The van der Waals surface area contributed by atoms with Gasteiger partial charge in [0.15, 0.2) is 0 Å². The number of rotatable bonds is 5. The molecule has 114 valence electrons. The Morgan fingerprint density at radius 1 is 1.16 bits per heavy atom. The molecule has 0 amide bonds. The van der Waals surface area contributed by atoms with Gasteiger partial charge >= 0.3 is 0 Å². The average Bonchev–Trinajstić information content (AvgIpc) is 2.40. The summed E-state index contributed by atoms with van der Waals surface area (Å²) in [6, 6.07) is 0.450. The third-order valence-electron chi connectivity index (χ3n) is 4.62. The Kier molecular flexibility index (Phi) is 8.31. The van der Waals surface area contributed by atoms with Crippen molar-refractivity contribution >= 4 is 12.4 Å². The van der Waals surface area contributed by atoms with Crippen LogP contribution in [0.3, 0.4) is 0 Å². The van der Waals surface area contributed by atoms with E-state index in [1.54, 1.807) is 0 Å². The third kappa shape index (κ3) is 5.58. The molecule has 4 heteroatoms. The highest BCUT2D eigenvalue weighted by Crippen LogP contribution is 2.26. The lowest BCUT2D eigenvalue weighted by Gasteiger charge is -2.38. The number of nitrogens with two attached hydrogens (primary N) is 1. The lowest BCUT2D eigenvalue weighted by molar-refractivity contribution is 0.0574. The molecule has 0 radical (unpaired) electrons. The molecule has 3 nitrogen and oxygen atoms in total. The Hall–Kier alpha value is 0.170. The van der Waals surface area contributed by atoms with Gasteiger partial charge in [-0.25, -0.2) is 0 Å². The molecular formula is C15H31ClN2O. The molecule has 0 aromatic carbocycles. The first-order valence-corrected chi connectivity index (χ1v) is 7.85. The number of piperidine rings is 1. The minimum Gasteiger partial charge on any atom is -0.381 e. The first-order chi connectivity index (χ1) is 8.79. The van der Waals surface area contributed by atoms with Crippen molar-refractivity contribution in [2.45, 2.75) is 51.5 Å². The molecule has 1 saturated carbocycles. The Labute approximate surface area is 124 Å². The van der Waals surface area contributed by atoms with Crippen LogP contribution in [-0.4, -0.2) is 43.8 Å². The quantitative estimate of drug-likeness (QED) is 0.846. The topological polar surface area (TPSA) is 38.5 Å². The first-order valence-electron chi connectivity index (χ1n) is 7.85. The molecule has 2 N–H and O–H groups in total. The molecule has 1 saturated heterocycles. The van der Waals surface area contributed by atoms with E-state index < -0.39 is 0 Å². The second-order valence-electron chi connectivity index (χ2n) is 6.14. The van der Waals surface area contributed by atoms with Crippen molar-refractivity contribution < 1.29 is 4.74 Å². The highest BCUT2D eigenvalue weighted by atomic mass is 35.5. The summed E-state index contributed by atoms with van der Waals surface area (Å²) < 4.78 is 5.58. The molecule has 0 aromatic heterocycles. The number of hydrogen-bond acceptors (Lipinski definition) is 3. The summed E-state index contributed by atoms with van der Waals surface area (Å²) in [5.74, 6) is 1.49. The zero-order valence-corrected chi connectivity index (χ0v) is 13.2. The van der Waals surface area contributed by atoms with Gasteiger partial charge in [-0.2, -0.15) is 0 Å². The monoisotopic (exact) mass is 290 g/mol.